The van der Waals surface area contributed by atoms with Crippen molar-refractivity contribution in [2.24, 2.45) is 5.73 Å². The van der Waals surface area contributed by atoms with E-state index in [-0.39, 0.29) is 5.69 Å². The Hall–Kier alpha value is -2.47. The second kappa shape index (κ2) is 6.63. The summed E-state index contributed by atoms with van der Waals surface area (Å²) in [5.41, 5.74) is 7.24. The number of benzene rings is 1. The summed E-state index contributed by atoms with van der Waals surface area (Å²) in [7, 11) is 0. The maximum atomic E-state index is 11.2. The number of anilines is 2. The number of carbonyl (C=O) groups is 1. The zero-order valence-corrected chi connectivity index (χ0v) is 11.2. The lowest BCUT2D eigenvalue weighted by Gasteiger charge is -2.08. The smallest absolute Gasteiger partial charge is 0.271 e. The predicted octanol–water partition coefficient (Wildman–Crippen LogP) is 1.86. The topological polar surface area (TPSA) is 90.1 Å². The molecule has 0 aliphatic carbocycles. The first kappa shape index (κ1) is 14.0. The maximum absolute atomic E-state index is 11.2. The Kier molecular flexibility index (Phi) is 4.62. The van der Waals surface area contributed by atoms with E-state index in [1.807, 2.05) is 31.2 Å². The van der Waals surface area contributed by atoms with Crippen LogP contribution in [0.3, 0.4) is 0 Å². The zero-order valence-electron chi connectivity index (χ0n) is 11.2. The van der Waals surface area contributed by atoms with Crippen LogP contribution < -0.4 is 11.1 Å². The van der Waals surface area contributed by atoms with Crippen LogP contribution in [0.1, 0.15) is 23.0 Å². The molecule has 3 N–H and O–H groups in total. The monoisotopic (exact) mass is 272 g/mol. The molecule has 0 unspecified atom stereocenters. The van der Waals surface area contributed by atoms with Gasteiger partial charge in [0, 0.05) is 24.7 Å². The first-order valence-corrected chi connectivity index (χ1v) is 6.25. The van der Waals surface area contributed by atoms with E-state index in [4.69, 9.17) is 10.5 Å². The molecule has 0 aliphatic heterocycles. The molecule has 1 aromatic heterocycles. The molecule has 20 heavy (non-hydrogen) atoms. The molecule has 0 saturated carbocycles. The fourth-order valence-corrected chi connectivity index (χ4v) is 1.65. The molecule has 1 aromatic carbocycles. The summed E-state index contributed by atoms with van der Waals surface area (Å²) in [5, 5.41) is 3.02. The molecule has 1 amide bonds. The molecule has 1 heterocycles. The number of hydrogen-bond donors (Lipinski definition) is 2. The van der Waals surface area contributed by atoms with Gasteiger partial charge in [-0.05, 0) is 24.6 Å². The van der Waals surface area contributed by atoms with Crippen LogP contribution in [0.15, 0.2) is 36.7 Å². The molecule has 2 rings (SSSR count). The first-order chi connectivity index (χ1) is 9.70. The van der Waals surface area contributed by atoms with E-state index in [0.717, 1.165) is 11.3 Å². The summed E-state index contributed by atoms with van der Waals surface area (Å²) < 4.78 is 5.32. The van der Waals surface area contributed by atoms with Gasteiger partial charge in [0.2, 0.25) is 0 Å². The van der Waals surface area contributed by atoms with Gasteiger partial charge in [-0.1, -0.05) is 12.1 Å². The normalized spacial score (nSPS) is 10.2. The molecule has 0 atom stereocenters. The number of hydrogen-bond acceptors (Lipinski definition) is 5. The highest BCUT2D eigenvalue weighted by molar-refractivity contribution is 5.96. The highest BCUT2D eigenvalue weighted by Gasteiger charge is 2.10. The van der Waals surface area contributed by atoms with Crippen molar-refractivity contribution >= 4 is 17.4 Å². The van der Waals surface area contributed by atoms with Gasteiger partial charge in [-0.2, -0.15) is 0 Å². The Morgan fingerprint density at radius 3 is 2.60 bits per heavy atom. The fraction of sp³-hybridized carbons (Fsp3) is 0.214. The van der Waals surface area contributed by atoms with E-state index >= 15 is 0 Å². The Morgan fingerprint density at radius 2 is 1.95 bits per heavy atom. The van der Waals surface area contributed by atoms with Crippen LogP contribution in [0, 0.1) is 0 Å². The van der Waals surface area contributed by atoms with Crippen molar-refractivity contribution in [3.8, 4) is 0 Å². The highest BCUT2D eigenvalue weighted by atomic mass is 16.5. The van der Waals surface area contributed by atoms with E-state index in [0.29, 0.717) is 19.0 Å². The van der Waals surface area contributed by atoms with E-state index < -0.39 is 5.91 Å². The molecule has 0 bridgehead atoms. The molecule has 0 radical (unpaired) electrons. The third-order valence-corrected chi connectivity index (χ3v) is 2.62. The standard InChI is InChI=1S/C14H16N4O2/c1-2-20-9-10-3-5-11(6-4-10)18-14-12(13(15)19)16-7-8-17-14/h3-8H,2,9H2,1H3,(H2,15,19)(H,17,18). The SMILES string of the molecule is CCOCc1ccc(Nc2nccnc2C(N)=O)cc1. The molecule has 6 nitrogen and oxygen atoms in total. The Labute approximate surface area is 117 Å². The second-order valence-electron chi connectivity index (χ2n) is 4.08. The number of nitrogens with zero attached hydrogens (tertiary/aromatic N) is 2. The van der Waals surface area contributed by atoms with Crippen molar-refractivity contribution in [3.05, 3.63) is 47.9 Å². The first-order valence-electron chi connectivity index (χ1n) is 6.25. The molecule has 0 aliphatic rings. The Morgan fingerprint density at radius 1 is 1.25 bits per heavy atom. The van der Waals surface area contributed by atoms with Gasteiger partial charge in [0.25, 0.3) is 5.91 Å². The highest BCUT2D eigenvalue weighted by Crippen LogP contribution is 2.17. The van der Waals surface area contributed by atoms with E-state index in [1.54, 1.807) is 0 Å². The zero-order chi connectivity index (χ0) is 14.4. The van der Waals surface area contributed by atoms with Gasteiger partial charge >= 0.3 is 0 Å². The number of ether oxygens (including phenoxy) is 1. The van der Waals surface area contributed by atoms with Crippen LogP contribution in [0.4, 0.5) is 11.5 Å². The lowest BCUT2D eigenvalue weighted by atomic mass is 10.2. The summed E-state index contributed by atoms with van der Waals surface area (Å²) in [6.07, 6.45) is 2.93. The lowest BCUT2D eigenvalue weighted by Crippen LogP contribution is -2.16. The predicted molar refractivity (Wildman–Crippen MR) is 75.6 cm³/mol. The number of amides is 1. The summed E-state index contributed by atoms with van der Waals surface area (Å²) in [6.45, 7) is 3.21. The summed E-state index contributed by atoms with van der Waals surface area (Å²) >= 11 is 0. The van der Waals surface area contributed by atoms with Crippen LogP contribution in [0.25, 0.3) is 0 Å². The molecule has 104 valence electrons. The van der Waals surface area contributed by atoms with Gasteiger partial charge in [-0.15, -0.1) is 0 Å². The summed E-state index contributed by atoms with van der Waals surface area (Å²) in [5.74, 6) is -0.272. The third kappa shape index (κ3) is 3.52. The fourth-order valence-electron chi connectivity index (χ4n) is 1.65. The van der Waals surface area contributed by atoms with Gasteiger partial charge in [0.1, 0.15) is 0 Å². The largest absolute Gasteiger partial charge is 0.377 e. The Bertz CT molecular complexity index is 584. The van der Waals surface area contributed by atoms with Gasteiger partial charge in [0.15, 0.2) is 11.5 Å². The number of nitrogens with two attached hydrogens (primary N) is 1. The van der Waals surface area contributed by atoms with E-state index in [9.17, 15) is 4.79 Å². The molecule has 2 aromatic rings. The van der Waals surface area contributed by atoms with Gasteiger partial charge in [-0.3, -0.25) is 4.79 Å². The second-order valence-corrected chi connectivity index (χ2v) is 4.08. The van der Waals surface area contributed by atoms with Crippen LogP contribution in [-0.4, -0.2) is 22.5 Å². The number of nitrogens with one attached hydrogen (secondary N) is 1. The van der Waals surface area contributed by atoms with E-state index in [2.05, 4.69) is 15.3 Å². The van der Waals surface area contributed by atoms with Crippen molar-refractivity contribution in [2.45, 2.75) is 13.5 Å². The number of primary amides is 1. The molecule has 0 saturated heterocycles. The van der Waals surface area contributed by atoms with Crippen LogP contribution in [0.2, 0.25) is 0 Å². The third-order valence-electron chi connectivity index (χ3n) is 2.62. The van der Waals surface area contributed by atoms with Crippen molar-refractivity contribution < 1.29 is 9.53 Å². The minimum Gasteiger partial charge on any atom is -0.377 e. The van der Waals surface area contributed by atoms with Crippen LogP contribution in [-0.2, 0) is 11.3 Å². The molecule has 6 heteroatoms. The van der Waals surface area contributed by atoms with E-state index in [1.165, 1.54) is 12.4 Å². The number of aromatic nitrogens is 2. The maximum Gasteiger partial charge on any atom is 0.271 e. The van der Waals surface area contributed by atoms with Crippen LogP contribution in [0.5, 0.6) is 0 Å². The average Bonchev–Trinajstić information content (AvgIpc) is 2.47. The molecular formula is C14H16N4O2. The summed E-state index contributed by atoms with van der Waals surface area (Å²) in [4.78, 5) is 19.2. The minimum absolute atomic E-state index is 0.117. The van der Waals surface area contributed by atoms with Gasteiger partial charge in [0.05, 0.1) is 6.61 Å². The quantitative estimate of drug-likeness (QED) is 0.837. The Balaban J connectivity index is 2.12. The van der Waals surface area contributed by atoms with Gasteiger partial charge in [-0.25, -0.2) is 9.97 Å². The lowest BCUT2D eigenvalue weighted by molar-refractivity contribution is 0.0996. The van der Waals surface area contributed by atoms with Gasteiger partial charge < -0.3 is 15.8 Å². The summed E-state index contributed by atoms with van der Waals surface area (Å²) in [6, 6.07) is 7.65. The molecular weight excluding hydrogens is 256 g/mol. The van der Waals surface area contributed by atoms with Crippen molar-refractivity contribution in [1.29, 1.82) is 0 Å². The van der Waals surface area contributed by atoms with Crippen molar-refractivity contribution in [2.75, 3.05) is 11.9 Å². The van der Waals surface area contributed by atoms with Crippen LogP contribution >= 0.6 is 0 Å². The van der Waals surface area contributed by atoms with Crippen molar-refractivity contribution in [1.82, 2.24) is 9.97 Å². The number of rotatable bonds is 6. The molecule has 0 spiro atoms. The van der Waals surface area contributed by atoms with Crippen molar-refractivity contribution in [3.63, 3.8) is 0 Å². The molecule has 0 fully saturated rings. The number of carbonyl (C=O) groups excluding carboxylic acids is 1. The average molecular weight is 272 g/mol. The minimum atomic E-state index is -0.617.